The predicted molar refractivity (Wildman–Crippen MR) is 78.7 cm³/mol. The van der Waals surface area contributed by atoms with Crippen LogP contribution < -0.4 is 14.4 Å². The number of nitrogens with one attached hydrogen (secondary N) is 1. The van der Waals surface area contributed by atoms with Crippen molar-refractivity contribution in [2.45, 2.75) is 26.4 Å². The zero-order chi connectivity index (χ0) is 14.2. The van der Waals surface area contributed by atoms with Crippen LogP contribution in [0.1, 0.15) is 20.3 Å². The molecule has 2 rings (SSSR count). The Bertz CT molecular complexity index is 372. The van der Waals surface area contributed by atoms with E-state index in [2.05, 4.69) is 0 Å². The molecular weight excluding hydrogens is 254 g/mol. The van der Waals surface area contributed by atoms with Crippen LogP contribution in [-0.2, 0) is 4.74 Å². The van der Waals surface area contributed by atoms with E-state index in [1.54, 1.807) is 4.90 Å². The Labute approximate surface area is 121 Å². The number of hydrogen-bond donors (Lipinski definition) is 1. The van der Waals surface area contributed by atoms with E-state index in [1.807, 2.05) is 38.1 Å². The summed E-state index contributed by atoms with van der Waals surface area (Å²) in [5, 5.41) is 0. The van der Waals surface area contributed by atoms with Crippen LogP contribution in [0.3, 0.4) is 0 Å². The lowest BCUT2D eigenvalue weighted by Crippen LogP contribution is -3.14. The number of morpholine rings is 1. The van der Waals surface area contributed by atoms with Gasteiger partial charge >= 0.3 is 0 Å². The molecule has 1 saturated heterocycles. The summed E-state index contributed by atoms with van der Waals surface area (Å²) in [5.41, 5.74) is 0. The average Bonchev–Trinajstić information content (AvgIpc) is 2.46. The van der Waals surface area contributed by atoms with Crippen molar-refractivity contribution < 1.29 is 19.1 Å². The van der Waals surface area contributed by atoms with Gasteiger partial charge in [0.2, 0.25) is 0 Å². The Balaban J connectivity index is 1.63. The second-order valence-corrected chi connectivity index (χ2v) is 5.45. The molecule has 0 aromatic heterocycles. The van der Waals surface area contributed by atoms with Gasteiger partial charge in [-0.15, -0.1) is 0 Å². The maximum atomic E-state index is 5.76. The minimum Gasteiger partial charge on any atom is -0.493 e. The van der Waals surface area contributed by atoms with E-state index < -0.39 is 0 Å². The van der Waals surface area contributed by atoms with Gasteiger partial charge in [0.15, 0.2) is 0 Å². The first kappa shape index (κ1) is 15.1. The van der Waals surface area contributed by atoms with Crippen LogP contribution in [0.15, 0.2) is 24.3 Å². The molecule has 4 nitrogen and oxygen atoms in total. The fourth-order valence-electron chi connectivity index (χ4n) is 2.31. The summed E-state index contributed by atoms with van der Waals surface area (Å²) < 4.78 is 16.7. The predicted octanol–water partition coefficient (Wildman–Crippen LogP) is 1.16. The Morgan fingerprint density at radius 2 is 1.75 bits per heavy atom. The van der Waals surface area contributed by atoms with Gasteiger partial charge in [-0.25, -0.2) is 0 Å². The number of hydrogen-bond acceptors (Lipinski definition) is 3. The molecule has 112 valence electrons. The monoisotopic (exact) mass is 280 g/mol. The van der Waals surface area contributed by atoms with Crippen LogP contribution in [0.25, 0.3) is 0 Å². The van der Waals surface area contributed by atoms with E-state index in [0.29, 0.717) is 0 Å². The van der Waals surface area contributed by atoms with Crippen LogP contribution in [-0.4, -0.2) is 45.6 Å². The Morgan fingerprint density at radius 3 is 2.40 bits per heavy atom. The largest absolute Gasteiger partial charge is 0.493 e. The number of benzene rings is 1. The molecule has 1 aromatic rings. The zero-order valence-electron chi connectivity index (χ0n) is 12.6. The summed E-state index contributed by atoms with van der Waals surface area (Å²) in [7, 11) is 0. The molecule has 4 heteroatoms. The van der Waals surface area contributed by atoms with Gasteiger partial charge in [0.25, 0.3) is 0 Å². The molecule has 20 heavy (non-hydrogen) atoms. The van der Waals surface area contributed by atoms with Crippen molar-refractivity contribution in [3.8, 4) is 11.5 Å². The van der Waals surface area contributed by atoms with Gasteiger partial charge in [-0.05, 0) is 38.1 Å². The van der Waals surface area contributed by atoms with E-state index in [4.69, 9.17) is 14.2 Å². The van der Waals surface area contributed by atoms with Crippen LogP contribution >= 0.6 is 0 Å². The molecule has 1 aliphatic rings. The van der Waals surface area contributed by atoms with Gasteiger partial charge < -0.3 is 19.1 Å². The minimum atomic E-state index is 0.207. The van der Waals surface area contributed by atoms with E-state index in [0.717, 1.165) is 57.4 Å². The highest BCUT2D eigenvalue weighted by atomic mass is 16.5. The quantitative estimate of drug-likeness (QED) is 0.761. The van der Waals surface area contributed by atoms with Gasteiger partial charge in [-0.3, -0.25) is 0 Å². The maximum absolute atomic E-state index is 5.76. The standard InChI is InChI=1S/C16H25NO3/c1-14(2)20-16-6-4-15(5-7-16)19-11-3-8-17-9-12-18-13-10-17/h4-7,14H,3,8-13H2,1-2H3/p+1. The van der Waals surface area contributed by atoms with Crippen LogP contribution in [0.5, 0.6) is 11.5 Å². The zero-order valence-corrected chi connectivity index (χ0v) is 12.6. The van der Waals surface area contributed by atoms with Gasteiger partial charge in [-0.1, -0.05) is 0 Å². The average molecular weight is 280 g/mol. The van der Waals surface area contributed by atoms with Crippen molar-refractivity contribution in [3.63, 3.8) is 0 Å². The third-order valence-corrected chi connectivity index (χ3v) is 3.34. The van der Waals surface area contributed by atoms with Crippen LogP contribution in [0.4, 0.5) is 0 Å². The molecule has 1 fully saturated rings. The van der Waals surface area contributed by atoms with Crippen molar-refractivity contribution in [2.24, 2.45) is 0 Å². The fraction of sp³-hybridized carbons (Fsp3) is 0.625. The molecule has 0 bridgehead atoms. The van der Waals surface area contributed by atoms with Gasteiger partial charge in [0, 0.05) is 6.42 Å². The highest BCUT2D eigenvalue weighted by molar-refractivity contribution is 5.31. The summed E-state index contributed by atoms with van der Waals surface area (Å²) in [6.45, 7) is 10.0. The summed E-state index contributed by atoms with van der Waals surface area (Å²) >= 11 is 0. The van der Waals surface area contributed by atoms with E-state index >= 15 is 0 Å². The van der Waals surface area contributed by atoms with Gasteiger partial charge in [-0.2, -0.15) is 0 Å². The molecule has 0 radical (unpaired) electrons. The number of ether oxygens (including phenoxy) is 3. The van der Waals surface area contributed by atoms with Crippen LogP contribution in [0, 0.1) is 0 Å². The third kappa shape index (κ3) is 5.39. The lowest BCUT2D eigenvalue weighted by Gasteiger charge is -2.23. The SMILES string of the molecule is CC(C)Oc1ccc(OCCC[NH+]2CCOCC2)cc1. The lowest BCUT2D eigenvalue weighted by atomic mass is 10.3. The Kier molecular flexibility index (Phi) is 6.15. The molecule has 0 amide bonds. The molecule has 0 spiro atoms. The summed E-state index contributed by atoms with van der Waals surface area (Å²) in [4.78, 5) is 1.63. The lowest BCUT2D eigenvalue weighted by molar-refractivity contribution is -0.908. The smallest absolute Gasteiger partial charge is 0.119 e. The number of quaternary nitrogens is 1. The molecule has 1 aliphatic heterocycles. The topological polar surface area (TPSA) is 32.1 Å². The molecule has 1 N–H and O–H groups in total. The van der Waals surface area contributed by atoms with Crippen molar-refractivity contribution >= 4 is 0 Å². The Morgan fingerprint density at radius 1 is 1.10 bits per heavy atom. The molecule has 0 atom stereocenters. The van der Waals surface area contributed by atoms with Crippen molar-refractivity contribution in [1.29, 1.82) is 0 Å². The van der Waals surface area contributed by atoms with E-state index in [1.165, 1.54) is 0 Å². The first-order chi connectivity index (χ1) is 9.74. The van der Waals surface area contributed by atoms with E-state index in [9.17, 15) is 0 Å². The molecule has 0 saturated carbocycles. The Hall–Kier alpha value is -1.26. The second kappa shape index (κ2) is 8.12. The van der Waals surface area contributed by atoms with E-state index in [-0.39, 0.29) is 6.10 Å². The molecule has 1 aromatic carbocycles. The fourth-order valence-corrected chi connectivity index (χ4v) is 2.31. The molecule has 1 heterocycles. The number of rotatable bonds is 7. The summed E-state index contributed by atoms with van der Waals surface area (Å²) in [6, 6.07) is 7.86. The summed E-state index contributed by atoms with van der Waals surface area (Å²) in [5.74, 6) is 1.81. The molecular formula is C16H26NO3+. The van der Waals surface area contributed by atoms with Gasteiger partial charge in [0.1, 0.15) is 24.6 Å². The molecule has 0 aliphatic carbocycles. The van der Waals surface area contributed by atoms with Crippen molar-refractivity contribution in [3.05, 3.63) is 24.3 Å². The maximum Gasteiger partial charge on any atom is 0.119 e. The molecule has 0 unspecified atom stereocenters. The summed E-state index contributed by atoms with van der Waals surface area (Å²) in [6.07, 6.45) is 1.29. The normalized spacial score (nSPS) is 16.4. The van der Waals surface area contributed by atoms with Crippen LogP contribution in [0.2, 0.25) is 0 Å². The second-order valence-electron chi connectivity index (χ2n) is 5.45. The first-order valence-corrected chi connectivity index (χ1v) is 7.55. The highest BCUT2D eigenvalue weighted by Gasteiger charge is 2.12. The van der Waals surface area contributed by atoms with Crippen molar-refractivity contribution in [1.82, 2.24) is 0 Å². The van der Waals surface area contributed by atoms with Gasteiger partial charge in [0.05, 0.1) is 32.5 Å². The first-order valence-electron chi connectivity index (χ1n) is 7.55. The third-order valence-electron chi connectivity index (χ3n) is 3.34. The minimum absolute atomic E-state index is 0.207. The highest BCUT2D eigenvalue weighted by Crippen LogP contribution is 2.18. The van der Waals surface area contributed by atoms with Crippen molar-refractivity contribution in [2.75, 3.05) is 39.5 Å².